The lowest BCUT2D eigenvalue weighted by Crippen LogP contribution is -2.57. The van der Waals surface area contributed by atoms with E-state index < -0.39 is 61.1 Å². The van der Waals surface area contributed by atoms with E-state index in [1.165, 1.54) is 13.8 Å². The van der Waals surface area contributed by atoms with E-state index in [0.29, 0.717) is 0 Å². The van der Waals surface area contributed by atoms with Crippen LogP contribution in [0.3, 0.4) is 0 Å². The first kappa shape index (κ1) is 27.0. The number of hydrogen-bond donors (Lipinski definition) is 7. The second-order valence-electron chi connectivity index (χ2n) is 5.57. The van der Waals surface area contributed by atoms with Gasteiger partial charge in [0.2, 0.25) is 11.7 Å². The molecule has 0 aromatic carbocycles. The van der Waals surface area contributed by atoms with Crippen LogP contribution >= 0.6 is 0 Å². The Morgan fingerprint density at radius 1 is 0.815 bits per heavy atom. The van der Waals surface area contributed by atoms with Gasteiger partial charge in [0.1, 0.15) is 18.3 Å². The van der Waals surface area contributed by atoms with Crippen LogP contribution in [0.25, 0.3) is 0 Å². The standard InChI is InChI=1S/C11H19NO9.C4H6O2/c1-4(14)12-8(5(15)2-6(16)11(20)21)10(19)9(18)7(17)3-13;1-3(5)4(2)6/h5,7-10,13,15,17-19H,2-3H2,1H3,(H,12,14)(H,20,21);1-2H3/t5-,7+,8+,9+,10+;/m0./s1. The van der Waals surface area contributed by atoms with Crippen LogP contribution in [0.1, 0.15) is 27.2 Å². The molecule has 27 heavy (non-hydrogen) atoms. The first-order valence-electron chi connectivity index (χ1n) is 7.64. The highest BCUT2D eigenvalue weighted by molar-refractivity contribution is 6.35. The summed E-state index contributed by atoms with van der Waals surface area (Å²) in [4.78, 5) is 52.0. The van der Waals surface area contributed by atoms with Crippen LogP contribution in [0, 0.1) is 0 Å². The lowest BCUT2D eigenvalue weighted by atomic mass is 9.94. The molecule has 5 atom stereocenters. The van der Waals surface area contributed by atoms with Gasteiger partial charge in [-0.1, -0.05) is 0 Å². The van der Waals surface area contributed by atoms with Crippen molar-refractivity contribution in [2.75, 3.05) is 6.61 Å². The molecule has 0 aromatic heterocycles. The van der Waals surface area contributed by atoms with Gasteiger partial charge in [0.05, 0.1) is 18.8 Å². The zero-order valence-electron chi connectivity index (χ0n) is 15.0. The molecule has 0 aliphatic rings. The zero-order valence-corrected chi connectivity index (χ0v) is 15.0. The van der Waals surface area contributed by atoms with Crippen molar-refractivity contribution in [1.29, 1.82) is 0 Å². The van der Waals surface area contributed by atoms with Crippen LogP contribution in [0.5, 0.6) is 0 Å². The van der Waals surface area contributed by atoms with Gasteiger partial charge >= 0.3 is 5.97 Å². The molecule has 7 N–H and O–H groups in total. The number of amides is 1. The van der Waals surface area contributed by atoms with E-state index in [2.05, 4.69) is 0 Å². The summed E-state index contributed by atoms with van der Waals surface area (Å²) >= 11 is 0. The van der Waals surface area contributed by atoms with E-state index in [0.717, 1.165) is 6.92 Å². The fourth-order valence-corrected chi connectivity index (χ4v) is 1.60. The van der Waals surface area contributed by atoms with Gasteiger partial charge in [-0.3, -0.25) is 19.2 Å². The molecule has 0 aliphatic heterocycles. The molecule has 0 spiro atoms. The third kappa shape index (κ3) is 11.1. The Kier molecular flexibility index (Phi) is 13.0. The van der Waals surface area contributed by atoms with Gasteiger partial charge in [0.25, 0.3) is 0 Å². The van der Waals surface area contributed by atoms with Crippen molar-refractivity contribution >= 4 is 29.2 Å². The molecule has 0 saturated carbocycles. The molecule has 0 heterocycles. The highest BCUT2D eigenvalue weighted by atomic mass is 16.4. The van der Waals surface area contributed by atoms with E-state index in [1.54, 1.807) is 0 Å². The van der Waals surface area contributed by atoms with Crippen molar-refractivity contribution in [3.05, 3.63) is 0 Å². The molecule has 0 aliphatic carbocycles. The Bertz CT molecular complexity index is 536. The number of Topliss-reactive ketones (excluding diaryl/α,β-unsaturated/α-hetero) is 3. The number of ketones is 3. The second kappa shape index (κ2) is 13.0. The van der Waals surface area contributed by atoms with Gasteiger partial charge < -0.3 is 36.0 Å². The number of nitrogens with one attached hydrogen (secondary N) is 1. The molecule has 0 fully saturated rings. The molecule has 1 amide bonds. The lowest BCUT2D eigenvalue weighted by Gasteiger charge is -2.32. The number of carboxylic acids is 1. The molecule has 0 radical (unpaired) electrons. The number of rotatable bonds is 10. The number of hydrogen-bond acceptors (Lipinski definition) is 10. The van der Waals surface area contributed by atoms with Crippen LogP contribution in [0.15, 0.2) is 0 Å². The SMILES string of the molecule is CC(=O)C(C)=O.CC(=O)N[C@@H]([C@@H](O)[C@H](O)[C@H](O)CO)[C@@H](O)CC(=O)C(=O)O. The fraction of sp³-hybridized carbons (Fsp3) is 0.667. The highest BCUT2D eigenvalue weighted by Crippen LogP contribution is 2.11. The maximum atomic E-state index is 11.0. The summed E-state index contributed by atoms with van der Waals surface area (Å²) in [7, 11) is 0. The van der Waals surface area contributed by atoms with Gasteiger partial charge in [-0.2, -0.15) is 0 Å². The average Bonchev–Trinajstić information content (AvgIpc) is 2.57. The lowest BCUT2D eigenvalue weighted by molar-refractivity contribution is -0.151. The minimum Gasteiger partial charge on any atom is -0.475 e. The normalized spacial score (nSPS) is 15.9. The van der Waals surface area contributed by atoms with Gasteiger partial charge in [-0.25, -0.2) is 4.79 Å². The molecule has 156 valence electrons. The molecule has 0 aromatic rings. The Morgan fingerprint density at radius 3 is 1.56 bits per heavy atom. The van der Waals surface area contributed by atoms with Gasteiger partial charge in [-0.05, 0) is 0 Å². The van der Waals surface area contributed by atoms with Crippen LogP contribution < -0.4 is 5.32 Å². The summed E-state index contributed by atoms with van der Waals surface area (Å²) in [6.07, 6.45) is -8.35. The summed E-state index contributed by atoms with van der Waals surface area (Å²) in [5.74, 6) is -4.65. The Morgan fingerprint density at radius 2 is 1.26 bits per heavy atom. The van der Waals surface area contributed by atoms with Crippen molar-refractivity contribution in [3.63, 3.8) is 0 Å². The quantitative estimate of drug-likeness (QED) is 0.177. The largest absolute Gasteiger partial charge is 0.475 e. The summed E-state index contributed by atoms with van der Waals surface area (Å²) < 4.78 is 0. The molecule has 12 nitrogen and oxygen atoms in total. The molecule has 0 unspecified atom stereocenters. The summed E-state index contributed by atoms with van der Waals surface area (Å²) in [6.45, 7) is 2.64. The van der Waals surface area contributed by atoms with Crippen molar-refractivity contribution < 1.29 is 54.6 Å². The first-order valence-corrected chi connectivity index (χ1v) is 7.64. The summed E-state index contributed by atoms with van der Waals surface area (Å²) in [5.41, 5.74) is 0. The molecular weight excluding hydrogens is 370 g/mol. The van der Waals surface area contributed by atoms with Crippen molar-refractivity contribution in [1.82, 2.24) is 5.32 Å². The van der Waals surface area contributed by atoms with Crippen LogP contribution in [0.4, 0.5) is 0 Å². The maximum Gasteiger partial charge on any atom is 0.372 e. The average molecular weight is 395 g/mol. The fourth-order valence-electron chi connectivity index (χ4n) is 1.60. The topological polar surface area (TPSA) is 219 Å². The van der Waals surface area contributed by atoms with E-state index in [1.807, 2.05) is 5.32 Å². The molecule has 0 rings (SSSR count). The van der Waals surface area contributed by atoms with Gasteiger partial charge in [0, 0.05) is 27.2 Å². The van der Waals surface area contributed by atoms with Crippen molar-refractivity contribution in [2.24, 2.45) is 0 Å². The number of carbonyl (C=O) groups excluding carboxylic acids is 4. The van der Waals surface area contributed by atoms with E-state index in [4.69, 9.17) is 10.2 Å². The Balaban J connectivity index is 0. The number of carbonyl (C=O) groups is 5. The first-order chi connectivity index (χ1) is 12.3. The van der Waals surface area contributed by atoms with Crippen LogP contribution in [-0.4, -0.2) is 96.9 Å². The minimum absolute atomic E-state index is 0.380. The number of carboxylic acid groups (broad SMARTS) is 1. The Hall–Kier alpha value is -2.25. The molecule has 0 bridgehead atoms. The van der Waals surface area contributed by atoms with E-state index >= 15 is 0 Å². The minimum atomic E-state index is -1.94. The predicted molar refractivity (Wildman–Crippen MR) is 87.3 cm³/mol. The highest BCUT2D eigenvalue weighted by Gasteiger charge is 2.37. The number of aliphatic hydroxyl groups is 5. The smallest absolute Gasteiger partial charge is 0.372 e. The monoisotopic (exact) mass is 395 g/mol. The molecular formula is C15H25NO11. The van der Waals surface area contributed by atoms with E-state index in [-0.39, 0.29) is 11.6 Å². The van der Waals surface area contributed by atoms with E-state index in [9.17, 15) is 44.4 Å². The molecule has 12 heteroatoms. The van der Waals surface area contributed by atoms with Crippen molar-refractivity contribution in [2.45, 2.75) is 57.6 Å². The number of aliphatic carboxylic acids is 1. The predicted octanol–water partition coefficient (Wildman–Crippen LogP) is -3.86. The maximum absolute atomic E-state index is 11.0. The summed E-state index contributed by atoms with van der Waals surface area (Å²) in [6, 6.07) is -1.61. The third-order valence-corrected chi connectivity index (χ3v) is 3.21. The summed E-state index contributed by atoms with van der Waals surface area (Å²) in [5, 5.41) is 57.4. The second-order valence-corrected chi connectivity index (χ2v) is 5.57. The zero-order chi connectivity index (χ0) is 21.9. The van der Waals surface area contributed by atoms with Gasteiger partial charge in [0.15, 0.2) is 11.6 Å². The van der Waals surface area contributed by atoms with Gasteiger partial charge in [-0.15, -0.1) is 0 Å². The Labute approximate surface area is 154 Å². The molecule has 0 saturated heterocycles. The van der Waals surface area contributed by atoms with Crippen LogP contribution in [0.2, 0.25) is 0 Å². The third-order valence-electron chi connectivity index (χ3n) is 3.21. The van der Waals surface area contributed by atoms with Crippen molar-refractivity contribution in [3.8, 4) is 0 Å². The number of aliphatic hydroxyl groups excluding tert-OH is 5. The van der Waals surface area contributed by atoms with Crippen LogP contribution in [-0.2, 0) is 24.0 Å².